The first kappa shape index (κ1) is 13.8. The van der Waals surface area contributed by atoms with E-state index < -0.39 is 0 Å². The van der Waals surface area contributed by atoms with Crippen molar-refractivity contribution < 1.29 is 4.79 Å². The molecule has 0 aromatic carbocycles. The third-order valence-corrected chi connectivity index (χ3v) is 5.11. The maximum atomic E-state index is 11.4. The molecule has 20 heavy (non-hydrogen) atoms. The smallest absolute Gasteiger partial charge is 0.153 e. The summed E-state index contributed by atoms with van der Waals surface area (Å²) in [6, 6.07) is 0.530. The van der Waals surface area contributed by atoms with Crippen LogP contribution < -0.4 is 0 Å². The molecule has 3 nitrogen and oxygen atoms in total. The topological polar surface area (TPSA) is 34.9 Å². The molecule has 3 rings (SSSR count). The molecule has 1 aromatic heterocycles. The van der Waals surface area contributed by atoms with Gasteiger partial charge in [0.15, 0.2) is 6.29 Å². The molecule has 0 radical (unpaired) electrons. The summed E-state index contributed by atoms with van der Waals surface area (Å²) in [5, 5.41) is 4.86. The predicted molar refractivity (Wildman–Crippen MR) is 80.2 cm³/mol. The number of carbonyl (C=O) groups excluding carboxylic acids is 1. The third-order valence-electron chi connectivity index (χ3n) is 5.11. The molecule has 1 heterocycles. The molecule has 0 saturated heterocycles. The van der Waals surface area contributed by atoms with Gasteiger partial charge in [0.05, 0.1) is 17.3 Å². The second-order valence-electron chi connectivity index (χ2n) is 6.55. The first-order chi connectivity index (χ1) is 9.88. The van der Waals surface area contributed by atoms with Crippen LogP contribution in [-0.2, 0) is 0 Å². The normalized spacial score (nSPS) is 22.6. The summed E-state index contributed by atoms with van der Waals surface area (Å²) in [5.74, 6) is 0.516. The van der Waals surface area contributed by atoms with Gasteiger partial charge in [-0.1, -0.05) is 44.9 Å². The van der Waals surface area contributed by atoms with Gasteiger partial charge in [0.1, 0.15) is 0 Å². The van der Waals surface area contributed by atoms with Crippen molar-refractivity contribution in [3.63, 3.8) is 0 Å². The summed E-state index contributed by atoms with van der Waals surface area (Å²) in [7, 11) is 0. The Morgan fingerprint density at radius 2 is 1.55 bits per heavy atom. The van der Waals surface area contributed by atoms with Gasteiger partial charge in [-0.15, -0.1) is 0 Å². The van der Waals surface area contributed by atoms with Crippen molar-refractivity contribution in [3.05, 3.63) is 17.5 Å². The highest BCUT2D eigenvalue weighted by atomic mass is 16.1. The molecular weight excluding hydrogens is 248 g/mol. The standard InChI is InChI=1S/C17H26N2O/c20-13-15-12-19(16-10-6-3-7-11-16)18-17(15)14-8-4-1-2-5-9-14/h12-14,16H,1-11H2. The van der Waals surface area contributed by atoms with E-state index in [-0.39, 0.29) is 0 Å². The van der Waals surface area contributed by atoms with Crippen LogP contribution >= 0.6 is 0 Å². The minimum Gasteiger partial charge on any atom is -0.298 e. The second-order valence-corrected chi connectivity index (χ2v) is 6.55. The molecule has 2 fully saturated rings. The van der Waals surface area contributed by atoms with E-state index in [4.69, 9.17) is 5.10 Å². The number of carbonyl (C=O) groups is 1. The van der Waals surface area contributed by atoms with Crippen molar-refractivity contribution in [1.29, 1.82) is 0 Å². The molecule has 0 unspecified atom stereocenters. The lowest BCUT2D eigenvalue weighted by Crippen LogP contribution is -2.13. The van der Waals surface area contributed by atoms with Crippen LogP contribution in [0.1, 0.15) is 98.6 Å². The van der Waals surface area contributed by atoms with Crippen LogP contribution in [-0.4, -0.2) is 16.1 Å². The Balaban J connectivity index is 1.81. The van der Waals surface area contributed by atoms with Gasteiger partial charge < -0.3 is 0 Å². The lowest BCUT2D eigenvalue weighted by Gasteiger charge is -2.22. The van der Waals surface area contributed by atoms with Crippen LogP contribution in [0, 0.1) is 0 Å². The van der Waals surface area contributed by atoms with Crippen LogP contribution in [0.5, 0.6) is 0 Å². The first-order valence-electron chi connectivity index (χ1n) is 8.42. The fourth-order valence-corrected chi connectivity index (χ4v) is 3.91. The summed E-state index contributed by atoms with van der Waals surface area (Å²) in [6.45, 7) is 0. The van der Waals surface area contributed by atoms with Crippen molar-refractivity contribution in [3.8, 4) is 0 Å². The Hall–Kier alpha value is -1.12. The quantitative estimate of drug-likeness (QED) is 0.594. The lowest BCUT2D eigenvalue weighted by atomic mass is 9.94. The van der Waals surface area contributed by atoms with E-state index in [0.29, 0.717) is 12.0 Å². The molecular formula is C17H26N2O. The van der Waals surface area contributed by atoms with E-state index in [1.165, 1.54) is 70.6 Å². The van der Waals surface area contributed by atoms with Gasteiger partial charge in [-0.05, 0) is 25.7 Å². The highest BCUT2D eigenvalue weighted by Crippen LogP contribution is 2.34. The maximum absolute atomic E-state index is 11.4. The maximum Gasteiger partial charge on any atom is 0.153 e. The third kappa shape index (κ3) is 2.97. The van der Waals surface area contributed by atoms with Crippen molar-refractivity contribution in [2.45, 2.75) is 82.6 Å². The number of aldehydes is 1. The monoisotopic (exact) mass is 274 g/mol. The van der Waals surface area contributed by atoms with Crippen LogP contribution in [0.25, 0.3) is 0 Å². The van der Waals surface area contributed by atoms with Crippen molar-refractivity contribution >= 4 is 6.29 Å². The van der Waals surface area contributed by atoms with Gasteiger partial charge in [0.2, 0.25) is 0 Å². The number of rotatable bonds is 3. The zero-order chi connectivity index (χ0) is 13.8. The molecule has 0 aliphatic heterocycles. The predicted octanol–water partition coefficient (Wildman–Crippen LogP) is 4.64. The Morgan fingerprint density at radius 1 is 0.950 bits per heavy atom. The van der Waals surface area contributed by atoms with E-state index in [2.05, 4.69) is 4.68 Å². The molecule has 2 aliphatic carbocycles. The zero-order valence-electron chi connectivity index (χ0n) is 12.4. The fraction of sp³-hybridized carbons (Fsp3) is 0.765. The summed E-state index contributed by atoms with van der Waals surface area (Å²) in [5.41, 5.74) is 1.94. The molecule has 0 spiro atoms. The minimum absolute atomic E-state index is 0.516. The Bertz CT molecular complexity index is 438. The van der Waals surface area contributed by atoms with Crippen molar-refractivity contribution in [1.82, 2.24) is 9.78 Å². The van der Waals surface area contributed by atoms with Crippen LogP contribution in [0.2, 0.25) is 0 Å². The first-order valence-corrected chi connectivity index (χ1v) is 8.42. The molecule has 3 heteroatoms. The molecule has 110 valence electrons. The number of aromatic nitrogens is 2. The Morgan fingerprint density at radius 3 is 2.20 bits per heavy atom. The van der Waals surface area contributed by atoms with Gasteiger partial charge >= 0.3 is 0 Å². The van der Waals surface area contributed by atoms with Crippen LogP contribution in [0.15, 0.2) is 6.20 Å². The van der Waals surface area contributed by atoms with Gasteiger partial charge in [-0.25, -0.2) is 0 Å². The highest BCUT2D eigenvalue weighted by Gasteiger charge is 2.23. The van der Waals surface area contributed by atoms with Crippen molar-refractivity contribution in [2.24, 2.45) is 0 Å². The molecule has 0 N–H and O–H groups in total. The number of hydrogen-bond acceptors (Lipinski definition) is 2. The van der Waals surface area contributed by atoms with E-state index in [1.54, 1.807) is 0 Å². The highest BCUT2D eigenvalue weighted by molar-refractivity contribution is 5.76. The summed E-state index contributed by atoms with van der Waals surface area (Å²) in [4.78, 5) is 11.4. The molecule has 0 amide bonds. The Kier molecular flexibility index (Phi) is 4.54. The summed E-state index contributed by atoms with van der Waals surface area (Å²) >= 11 is 0. The SMILES string of the molecule is O=Cc1cn(C2CCCCC2)nc1C1CCCCCC1. The van der Waals surface area contributed by atoms with Crippen LogP contribution in [0.4, 0.5) is 0 Å². The zero-order valence-corrected chi connectivity index (χ0v) is 12.4. The summed E-state index contributed by atoms with van der Waals surface area (Å²) < 4.78 is 2.11. The molecule has 0 atom stereocenters. The molecule has 2 aliphatic rings. The number of hydrogen-bond donors (Lipinski definition) is 0. The van der Waals surface area contributed by atoms with Gasteiger partial charge in [0.25, 0.3) is 0 Å². The van der Waals surface area contributed by atoms with E-state index in [9.17, 15) is 4.79 Å². The molecule has 0 bridgehead atoms. The van der Waals surface area contributed by atoms with Gasteiger partial charge in [0, 0.05) is 12.1 Å². The number of nitrogens with zero attached hydrogens (tertiary/aromatic N) is 2. The second kappa shape index (κ2) is 6.55. The lowest BCUT2D eigenvalue weighted by molar-refractivity contribution is 0.112. The van der Waals surface area contributed by atoms with E-state index in [1.807, 2.05) is 6.20 Å². The minimum atomic E-state index is 0.516. The van der Waals surface area contributed by atoms with Crippen LogP contribution in [0.3, 0.4) is 0 Å². The summed E-state index contributed by atoms with van der Waals surface area (Å²) in [6.07, 6.45) is 17.1. The molecule has 1 aromatic rings. The Labute approximate surface area is 121 Å². The van der Waals surface area contributed by atoms with E-state index >= 15 is 0 Å². The van der Waals surface area contributed by atoms with E-state index in [0.717, 1.165) is 17.5 Å². The molecule has 2 saturated carbocycles. The largest absolute Gasteiger partial charge is 0.298 e. The average molecular weight is 274 g/mol. The van der Waals surface area contributed by atoms with Crippen molar-refractivity contribution in [2.75, 3.05) is 0 Å². The fourth-order valence-electron chi connectivity index (χ4n) is 3.91. The van der Waals surface area contributed by atoms with Gasteiger partial charge in [-0.3, -0.25) is 9.48 Å². The van der Waals surface area contributed by atoms with Gasteiger partial charge in [-0.2, -0.15) is 5.10 Å². The average Bonchev–Trinajstić information content (AvgIpc) is 2.75.